The van der Waals surface area contributed by atoms with E-state index in [1.54, 1.807) is 0 Å². The fraction of sp³-hybridized carbons (Fsp3) is 0.571. The van der Waals surface area contributed by atoms with Gasteiger partial charge in [0, 0.05) is 11.5 Å². The third-order valence-electron chi connectivity index (χ3n) is 1.32. The molecule has 0 heterocycles. The summed E-state index contributed by atoms with van der Waals surface area (Å²) in [6.45, 7) is 2.93. The Kier molecular flexibility index (Phi) is 3.78. The van der Waals surface area contributed by atoms with E-state index in [9.17, 15) is 4.79 Å². The molecule has 0 aromatic rings. The normalized spacial score (nSPS) is 15.2. The zero-order valence-corrected chi connectivity index (χ0v) is 6.48. The van der Waals surface area contributed by atoms with Crippen molar-refractivity contribution in [3.05, 3.63) is 11.6 Å². The van der Waals surface area contributed by atoms with Crippen LogP contribution in [0.2, 0.25) is 0 Å². The molecule has 0 aliphatic heterocycles. The van der Waals surface area contributed by atoms with Crippen LogP contribution in [0.1, 0.15) is 13.8 Å². The van der Waals surface area contributed by atoms with Crippen LogP contribution >= 0.6 is 0 Å². The maximum Gasteiger partial charge on any atom is 0.330 e. The van der Waals surface area contributed by atoms with Crippen molar-refractivity contribution in [3.63, 3.8) is 0 Å². The third kappa shape index (κ3) is 3.75. The first-order valence-electron chi connectivity index (χ1n) is 3.23. The lowest BCUT2D eigenvalue weighted by molar-refractivity contribution is -0.132. The van der Waals surface area contributed by atoms with Gasteiger partial charge in [0.15, 0.2) is 6.29 Å². The molecule has 4 heteroatoms. The van der Waals surface area contributed by atoms with Crippen LogP contribution in [0, 0.1) is 5.92 Å². The number of carboxylic acid groups (broad SMARTS) is 1. The summed E-state index contributed by atoms with van der Waals surface area (Å²) in [5, 5.41) is 25.5. The Morgan fingerprint density at radius 2 is 1.91 bits per heavy atom. The van der Waals surface area contributed by atoms with Gasteiger partial charge in [0.1, 0.15) is 0 Å². The molecule has 64 valence electrons. The van der Waals surface area contributed by atoms with Gasteiger partial charge in [-0.25, -0.2) is 4.79 Å². The first kappa shape index (κ1) is 10.1. The Bertz CT molecular complexity index is 171. The molecule has 0 saturated heterocycles. The molecular formula is C7H12O4. The topological polar surface area (TPSA) is 77.8 Å². The van der Waals surface area contributed by atoms with Crippen molar-refractivity contribution < 1.29 is 20.1 Å². The Morgan fingerprint density at radius 3 is 2.18 bits per heavy atom. The van der Waals surface area contributed by atoms with Crippen LogP contribution < -0.4 is 0 Å². The van der Waals surface area contributed by atoms with Crippen LogP contribution in [0.3, 0.4) is 0 Å². The monoisotopic (exact) mass is 160 g/mol. The minimum absolute atomic E-state index is 0.116. The quantitative estimate of drug-likeness (QED) is 0.400. The van der Waals surface area contributed by atoms with Crippen molar-refractivity contribution in [1.29, 1.82) is 0 Å². The molecule has 0 fully saturated rings. The molecule has 0 rings (SSSR count). The lowest BCUT2D eigenvalue weighted by atomic mass is 10.1. The van der Waals surface area contributed by atoms with Crippen LogP contribution in [0.4, 0.5) is 0 Å². The van der Waals surface area contributed by atoms with Crippen LogP contribution in [0.25, 0.3) is 0 Å². The number of rotatable bonds is 3. The van der Waals surface area contributed by atoms with E-state index in [4.69, 9.17) is 15.3 Å². The molecule has 3 N–H and O–H groups in total. The lowest BCUT2D eigenvalue weighted by Gasteiger charge is -2.08. The molecule has 11 heavy (non-hydrogen) atoms. The van der Waals surface area contributed by atoms with E-state index in [2.05, 4.69) is 0 Å². The summed E-state index contributed by atoms with van der Waals surface area (Å²) in [5.74, 6) is -1.59. The van der Waals surface area contributed by atoms with E-state index in [1.807, 2.05) is 0 Å². The van der Waals surface area contributed by atoms with Crippen molar-refractivity contribution >= 4 is 5.97 Å². The number of carbonyl (C=O) groups is 1. The average Bonchev–Trinajstić information content (AvgIpc) is 1.87. The predicted octanol–water partition coefficient (Wildman–Crippen LogP) is -0.0359. The van der Waals surface area contributed by atoms with Crippen LogP contribution in [0.15, 0.2) is 11.6 Å². The number of aliphatic carboxylic acids is 1. The van der Waals surface area contributed by atoms with Crippen molar-refractivity contribution in [2.75, 3.05) is 0 Å². The second-order valence-corrected chi connectivity index (χ2v) is 2.43. The SMILES string of the molecule is C/C(=C\C(C)C(O)O)C(=O)O. The van der Waals surface area contributed by atoms with E-state index in [0.29, 0.717) is 0 Å². The minimum atomic E-state index is -1.50. The van der Waals surface area contributed by atoms with Crippen molar-refractivity contribution in [2.45, 2.75) is 20.1 Å². The van der Waals surface area contributed by atoms with Gasteiger partial charge in [0.25, 0.3) is 0 Å². The fourth-order valence-corrected chi connectivity index (χ4v) is 0.552. The first-order chi connectivity index (χ1) is 4.95. The highest BCUT2D eigenvalue weighted by atomic mass is 16.5. The third-order valence-corrected chi connectivity index (χ3v) is 1.32. The maximum absolute atomic E-state index is 10.2. The smallest absolute Gasteiger partial charge is 0.330 e. The summed E-state index contributed by atoms with van der Waals surface area (Å²) in [5.41, 5.74) is 0.116. The van der Waals surface area contributed by atoms with Crippen LogP contribution in [-0.2, 0) is 4.79 Å². The second-order valence-electron chi connectivity index (χ2n) is 2.43. The van der Waals surface area contributed by atoms with Crippen LogP contribution in [-0.4, -0.2) is 27.6 Å². The van der Waals surface area contributed by atoms with Crippen molar-refractivity contribution in [1.82, 2.24) is 0 Å². The molecule has 0 saturated carbocycles. The van der Waals surface area contributed by atoms with Gasteiger partial charge in [-0.1, -0.05) is 13.0 Å². The number of aliphatic hydroxyl groups excluding tert-OH is 1. The van der Waals surface area contributed by atoms with Gasteiger partial charge in [-0.3, -0.25) is 0 Å². The van der Waals surface area contributed by atoms with Gasteiger partial charge in [-0.15, -0.1) is 0 Å². The van der Waals surface area contributed by atoms with Crippen molar-refractivity contribution in [3.8, 4) is 0 Å². The van der Waals surface area contributed by atoms with Gasteiger partial charge in [-0.2, -0.15) is 0 Å². The summed E-state index contributed by atoms with van der Waals surface area (Å²) in [6.07, 6.45) is -0.197. The van der Waals surface area contributed by atoms with Gasteiger partial charge in [-0.05, 0) is 6.92 Å². The molecule has 0 aliphatic carbocycles. The van der Waals surface area contributed by atoms with E-state index in [1.165, 1.54) is 19.9 Å². The summed E-state index contributed by atoms with van der Waals surface area (Å²) in [6, 6.07) is 0. The van der Waals surface area contributed by atoms with Gasteiger partial charge < -0.3 is 15.3 Å². The number of aliphatic hydroxyl groups is 2. The van der Waals surface area contributed by atoms with E-state index in [-0.39, 0.29) is 5.57 Å². The number of hydrogen-bond donors (Lipinski definition) is 3. The number of carboxylic acids is 1. The van der Waals surface area contributed by atoms with Crippen LogP contribution in [0.5, 0.6) is 0 Å². The Balaban J connectivity index is 4.19. The summed E-state index contributed by atoms with van der Waals surface area (Å²) >= 11 is 0. The largest absolute Gasteiger partial charge is 0.478 e. The van der Waals surface area contributed by atoms with E-state index < -0.39 is 18.2 Å². The van der Waals surface area contributed by atoms with Gasteiger partial charge in [0.05, 0.1) is 0 Å². The average molecular weight is 160 g/mol. The second kappa shape index (κ2) is 4.10. The lowest BCUT2D eigenvalue weighted by Crippen LogP contribution is -2.15. The molecule has 1 atom stereocenters. The Labute approximate surface area is 64.8 Å². The molecule has 4 nitrogen and oxygen atoms in total. The Morgan fingerprint density at radius 1 is 1.45 bits per heavy atom. The highest BCUT2D eigenvalue weighted by molar-refractivity contribution is 5.85. The minimum Gasteiger partial charge on any atom is -0.478 e. The zero-order valence-electron chi connectivity index (χ0n) is 6.48. The molecule has 0 radical (unpaired) electrons. The molecule has 0 aliphatic rings. The molecule has 0 amide bonds. The Hall–Kier alpha value is -0.870. The zero-order chi connectivity index (χ0) is 9.02. The fourth-order valence-electron chi connectivity index (χ4n) is 0.552. The predicted molar refractivity (Wildman–Crippen MR) is 38.8 cm³/mol. The standard InChI is InChI=1S/C7H12O4/c1-4(6(8)9)3-5(2)7(10)11/h3-4,6,8-9H,1-2H3,(H,10,11)/b5-3+. The molecule has 0 bridgehead atoms. The van der Waals surface area contributed by atoms with Gasteiger partial charge >= 0.3 is 5.97 Å². The highest BCUT2D eigenvalue weighted by Gasteiger charge is 2.09. The number of hydrogen-bond acceptors (Lipinski definition) is 3. The maximum atomic E-state index is 10.2. The molecule has 1 unspecified atom stereocenters. The first-order valence-corrected chi connectivity index (χ1v) is 3.23. The summed E-state index contributed by atoms with van der Waals surface area (Å²) in [7, 11) is 0. The van der Waals surface area contributed by atoms with Crippen molar-refractivity contribution in [2.24, 2.45) is 5.92 Å². The summed E-state index contributed by atoms with van der Waals surface area (Å²) < 4.78 is 0. The van der Waals surface area contributed by atoms with Gasteiger partial charge in [0.2, 0.25) is 0 Å². The molecule has 0 spiro atoms. The molecule has 0 aromatic heterocycles. The highest BCUT2D eigenvalue weighted by Crippen LogP contribution is 2.05. The molecule has 0 aromatic carbocycles. The molecular weight excluding hydrogens is 148 g/mol. The summed E-state index contributed by atoms with van der Waals surface area (Å²) in [4.78, 5) is 10.2. The van der Waals surface area contributed by atoms with E-state index >= 15 is 0 Å². The van der Waals surface area contributed by atoms with E-state index in [0.717, 1.165) is 0 Å².